The smallest absolute Gasteiger partial charge is 0.246 e. The number of carbonyl (C=O) groups excluding carboxylic acids is 2. The lowest BCUT2D eigenvalue weighted by Gasteiger charge is -2.33. The van der Waals surface area contributed by atoms with Gasteiger partial charge >= 0.3 is 0 Å². The number of ether oxygens (including phenoxy) is 1. The fraction of sp³-hybridized carbons (Fsp3) is 0.833. The minimum absolute atomic E-state index is 0.0506. The molecule has 0 saturated carbocycles. The molecule has 1 N–H and O–H groups in total. The van der Waals surface area contributed by atoms with Crippen molar-refractivity contribution in [2.45, 2.75) is 32.7 Å². The van der Waals surface area contributed by atoms with E-state index in [4.69, 9.17) is 4.74 Å². The first kappa shape index (κ1) is 14.0. The number of methoxy groups -OCH3 is 1. The molecule has 0 aromatic heterocycles. The largest absolute Gasteiger partial charge is 0.375 e. The Hall–Kier alpha value is -1.10. The average molecular weight is 242 g/mol. The Balaban J connectivity index is 2.31. The highest BCUT2D eigenvalue weighted by Gasteiger charge is 2.24. The van der Waals surface area contributed by atoms with Gasteiger partial charge in [-0.2, -0.15) is 0 Å². The predicted molar refractivity (Wildman–Crippen MR) is 64.5 cm³/mol. The molecule has 1 fully saturated rings. The second kappa shape index (κ2) is 6.59. The maximum atomic E-state index is 11.7. The van der Waals surface area contributed by atoms with Crippen LogP contribution < -0.4 is 5.32 Å². The van der Waals surface area contributed by atoms with E-state index >= 15 is 0 Å². The number of likely N-dealkylation sites (tertiary alicyclic amines) is 1. The van der Waals surface area contributed by atoms with E-state index in [2.05, 4.69) is 5.32 Å². The summed E-state index contributed by atoms with van der Waals surface area (Å²) in [6, 6.07) is 0.175. The van der Waals surface area contributed by atoms with Gasteiger partial charge in [-0.25, -0.2) is 0 Å². The van der Waals surface area contributed by atoms with Crippen LogP contribution in [-0.2, 0) is 14.3 Å². The molecule has 0 atom stereocenters. The van der Waals surface area contributed by atoms with Gasteiger partial charge in [-0.3, -0.25) is 9.59 Å². The topological polar surface area (TPSA) is 58.6 Å². The van der Waals surface area contributed by atoms with Crippen molar-refractivity contribution < 1.29 is 14.3 Å². The van der Waals surface area contributed by atoms with Crippen molar-refractivity contribution in [1.29, 1.82) is 0 Å². The minimum atomic E-state index is -0.0823. The van der Waals surface area contributed by atoms with Crippen LogP contribution in [0.1, 0.15) is 26.7 Å². The van der Waals surface area contributed by atoms with Gasteiger partial charge in [-0.1, -0.05) is 13.8 Å². The molecule has 98 valence electrons. The summed E-state index contributed by atoms with van der Waals surface area (Å²) in [6.45, 7) is 5.39. The summed E-state index contributed by atoms with van der Waals surface area (Å²) in [6.07, 6.45) is 1.65. The first-order chi connectivity index (χ1) is 8.04. The van der Waals surface area contributed by atoms with Crippen molar-refractivity contribution >= 4 is 11.8 Å². The summed E-state index contributed by atoms with van der Waals surface area (Å²) in [7, 11) is 1.50. The van der Waals surface area contributed by atoms with Crippen molar-refractivity contribution in [3.63, 3.8) is 0 Å². The molecule has 0 aromatic carbocycles. The molecule has 5 nitrogen and oxygen atoms in total. The lowest BCUT2D eigenvalue weighted by molar-refractivity contribution is -0.135. The molecule has 0 aliphatic carbocycles. The molecule has 1 saturated heterocycles. The fourth-order valence-electron chi connectivity index (χ4n) is 2.01. The van der Waals surface area contributed by atoms with E-state index in [-0.39, 0.29) is 30.4 Å². The predicted octanol–water partition coefficient (Wildman–Crippen LogP) is 0.396. The first-order valence-electron chi connectivity index (χ1n) is 6.11. The number of carbonyl (C=O) groups is 2. The SMILES string of the molecule is COCC(=O)NC1CCN(C(=O)C(C)C)CC1. The van der Waals surface area contributed by atoms with Crippen LogP contribution in [0.4, 0.5) is 0 Å². The second-order valence-electron chi connectivity index (χ2n) is 4.75. The molecule has 0 aromatic rings. The summed E-state index contributed by atoms with van der Waals surface area (Å²) in [5, 5.41) is 2.91. The van der Waals surface area contributed by atoms with E-state index in [1.165, 1.54) is 7.11 Å². The van der Waals surface area contributed by atoms with Gasteiger partial charge in [-0.15, -0.1) is 0 Å². The van der Waals surface area contributed by atoms with Crippen LogP contribution in [0.5, 0.6) is 0 Å². The first-order valence-corrected chi connectivity index (χ1v) is 6.11. The van der Waals surface area contributed by atoms with E-state index in [9.17, 15) is 9.59 Å². The number of nitrogens with one attached hydrogen (secondary N) is 1. The maximum Gasteiger partial charge on any atom is 0.246 e. The van der Waals surface area contributed by atoms with E-state index in [0.717, 1.165) is 25.9 Å². The molecule has 0 spiro atoms. The second-order valence-corrected chi connectivity index (χ2v) is 4.75. The van der Waals surface area contributed by atoms with Crippen LogP contribution in [-0.4, -0.2) is 49.6 Å². The zero-order chi connectivity index (χ0) is 12.8. The zero-order valence-electron chi connectivity index (χ0n) is 10.9. The van der Waals surface area contributed by atoms with Crippen molar-refractivity contribution in [3.8, 4) is 0 Å². The molecule has 17 heavy (non-hydrogen) atoms. The number of amides is 2. The summed E-state index contributed by atoms with van der Waals surface area (Å²) < 4.78 is 4.76. The summed E-state index contributed by atoms with van der Waals surface area (Å²) in [4.78, 5) is 24.9. The highest BCUT2D eigenvalue weighted by Crippen LogP contribution is 2.13. The van der Waals surface area contributed by atoms with E-state index in [1.54, 1.807) is 0 Å². The van der Waals surface area contributed by atoms with Crippen LogP contribution in [0.3, 0.4) is 0 Å². The molecular weight excluding hydrogens is 220 g/mol. The van der Waals surface area contributed by atoms with Gasteiger partial charge in [-0.05, 0) is 12.8 Å². The monoisotopic (exact) mass is 242 g/mol. The minimum Gasteiger partial charge on any atom is -0.375 e. The van der Waals surface area contributed by atoms with Gasteiger partial charge in [0.05, 0.1) is 0 Å². The normalized spacial score (nSPS) is 17.3. The van der Waals surface area contributed by atoms with Gasteiger partial charge in [0.15, 0.2) is 0 Å². The molecule has 0 radical (unpaired) electrons. The Bertz CT molecular complexity index is 271. The highest BCUT2D eigenvalue weighted by molar-refractivity contribution is 5.78. The molecular formula is C12H22N2O3. The van der Waals surface area contributed by atoms with Gasteiger partial charge < -0.3 is 15.0 Å². The van der Waals surface area contributed by atoms with Crippen LogP contribution in [0.25, 0.3) is 0 Å². The Labute approximate surface area is 102 Å². The average Bonchev–Trinajstić information content (AvgIpc) is 2.29. The zero-order valence-corrected chi connectivity index (χ0v) is 10.9. The van der Waals surface area contributed by atoms with Crippen molar-refractivity contribution in [3.05, 3.63) is 0 Å². The Morgan fingerprint density at radius 2 is 1.94 bits per heavy atom. The standard InChI is InChI=1S/C12H22N2O3/c1-9(2)12(16)14-6-4-10(5-7-14)13-11(15)8-17-3/h9-10H,4-8H2,1-3H3,(H,13,15). The number of hydrogen-bond donors (Lipinski definition) is 1. The maximum absolute atomic E-state index is 11.7. The lowest BCUT2D eigenvalue weighted by Crippen LogP contribution is -2.48. The van der Waals surface area contributed by atoms with E-state index < -0.39 is 0 Å². The van der Waals surface area contributed by atoms with Crippen LogP contribution in [0.2, 0.25) is 0 Å². The van der Waals surface area contributed by atoms with Crippen LogP contribution in [0.15, 0.2) is 0 Å². The van der Waals surface area contributed by atoms with Crippen LogP contribution >= 0.6 is 0 Å². The van der Waals surface area contributed by atoms with Gasteiger partial charge in [0.2, 0.25) is 11.8 Å². The third kappa shape index (κ3) is 4.34. The molecule has 0 unspecified atom stereocenters. The fourth-order valence-corrected chi connectivity index (χ4v) is 2.01. The quantitative estimate of drug-likeness (QED) is 0.776. The number of nitrogens with zero attached hydrogens (tertiary/aromatic N) is 1. The molecule has 1 aliphatic heterocycles. The van der Waals surface area contributed by atoms with E-state index in [0.29, 0.717) is 0 Å². The number of hydrogen-bond acceptors (Lipinski definition) is 3. The molecule has 0 bridgehead atoms. The third-order valence-electron chi connectivity index (χ3n) is 2.94. The van der Waals surface area contributed by atoms with Gasteiger partial charge in [0, 0.05) is 32.2 Å². The van der Waals surface area contributed by atoms with Crippen molar-refractivity contribution in [2.24, 2.45) is 5.92 Å². The summed E-state index contributed by atoms with van der Waals surface area (Å²) in [5.74, 6) is 0.169. The molecule has 5 heteroatoms. The lowest BCUT2D eigenvalue weighted by atomic mass is 10.0. The third-order valence-corrected chi connectivity index (χ3v) is 2.94. The molecule has 1 rings (SSSR count). The van der Waals surface area contributed by atoms with Crippen molar-refractivity contribution in [2.75, 3.05) is 26.8 Å². The Morgan fingerprint density at radius 1 is 1.35 bits per heavy atom. The highest BCUT2D eigenvalue weighted by atomic mass is 16.5. The van der Waals surface area contributed by atoms with E-state index in [1.807, 2.05) is 18.7 Å². The molecule has 1 aliphatic rings. The Kier molecular flexibility index (Phi) is 5.41. The number of piperidine rings is 1. The molecule has 1 heterocycles. The van der Waals surface area contributed by atoms with Crippen LogP contribution in [0, 0.1) is 5.92 Å². The van der Waals surface area contributed by atoms with Crippen molar-refractivity contribution in [1.82, 2.24) is 10.2 Å². The Morgan fingerprint density at radius 3 is 2.41 bits per heavy atom. The van der Waals surface area contributed by atoms with Gasteiger partial charge in [0.25, 0.3) is 0 Å². The molecule has 2 amide bonds. The van der Waals surface area contributed by atoms with Gasteiger partial charge in [0.1, 0.15) is 6.61 Å². The summed E-state index contributed by atoms with van der Waals surface area (Å²) >= 11 is 0. The number of rotatable bonds is 4. The summed E-state index contributed by atoms with van der Waals surface area (Å²) in [5.41, 5.74) is 0.